The molecule has 0 bridgehead atoms. The molecule has 1 unspecified atom stereocenters. The molecule has 0 saturated carbocycles. The Morgan fingerprint density at radius 3 is 3.06 bits per heavy atom. The molecule has 4 heteroatoms. The summed E-state index contributed by atoms with van der Waals surface area (Å²) in [4.78, 5) is 13.9. The number of fused-ring (bicyclic) bond motifs is 1. The lowest BCUT2D eigenvalue weighted by atomic mass is 10.2. The van der Waals surface area contributed by atoms with Gasteiger partial charge in [0.05, 0.1) is 18.9 Å². The van der Waals surface area contributed by atoms with E-state index in [-0.39, 0.29) is 12.0 Å². The van der Waals surface area contributed by atoms with E-state index in [9.17, 15) is 4.79 Å². The smallest absolute Gasteiger partial charge is 0.328 e. The standard InChI is InChI=1S/C14H19NO3/c1-3-17-14(16)11(2)15-9-6-10-18-13-8-5-4-7-12(13)15/h4-5,7-8,11H,3,6,9-10H2,1-2H3. The fraction of sp³-hybridized carbons (Fsp3) is 0.500. The van der Waals surface area contributed by atoms with E-state index in [4.69, 9.17) is 9.47 Å². The van der Waals surface area contributed by atoms with Crippen LogP contribution in [0.4, 0.5) is 5.69 Å². The maximum absolute atomic E-state index is 11.9. The highest BCUT2D eigenvalue weighted by molar-refractivity contribution is 5.80. The zero-order valence-electron chi connectivity index (χ0n) is 10.9. The molecule has 98 valence electrons. The van der Waals surface area contributed by atoms with Crippen molar-refractivity contribution in [3.63, 3.8) is 0 Å². The highest BCUT2D eigenvalue weighted by atomic mass is 16.5. The van der Waals surface area contributed by atoms with Crippen molar-refractivity contribution in [2.75, 3.05) is 24.7 Å². The molecule has 0 saturated heterocycles. The first-order valence-corrected chi connectivity index (χ1v) is 6.39. The van der Waals surface area contributed by atoms with E-state index < -0.39 is 0 Å². The Morgan fingerprint density at radius 1 is 1.50 bits per heavy atom. The van der Waals surface area contributed by atoms with Gasteiger partial charge in [-0.3, -0.25) is 0 Å². The van der Waals surface area contributed by atoms with Crippen LogP contribution in [0.15, 0.2) is 24.3 Å². The third-order valence-corrected chi connectivity index (χ3v) is 3.07. The van der Waals surface area contributed by atoms with Crippen LogP contribution >= 0.6 is 0 Å². The molecule has 1 heterocycles. The molecule has 2 rings (SSSR count). The normalized spacial score (nSPS) is 16.2. The van der Waals surface area contributed by atoms with Crippen LogP contribution in [0.25, 0.3) is 0 Å². The molecule has 1 aromatic carbocycles. The average molecular weight is 249 g/mol. The fourth-order valence-corrected chi connectivity index (χ4v) is 2.15. The van der Waals surface area contributed by atoms with Gasteiger partial charge >= 0.3 is 5.97 Å². The van der Waals surface area contributed by atoms with Crippen LogP contribution in [0.5, 0.6) is 5.75 Å². The summed E-state index contributed by atoms with van der Waals surface area (Å²) < 4.78 is 10.8. The lowest BCUT2D eigenvalue weighted by Gasteiger charge is -2.28. The number of nitrogens with zero attached hydrogens (tertiary/aromatic N) is 1. The van der Waals surface area contributed by atoms with E-state index in [1.54, 1.807) is 0 Å². The number of anilines is 1. The summed E-state index contributed by atoms with van der Waals surface area (Å²) in [6.45, 7) is 5.60. The van der Waals surface area contributed by atoms with E-state index in [1.165, 1.54) is 0 Å². The lowest BCUT2D eigenvalue weighted by molar-refractivity contribution is -0.144. The Kier molecular flexibility index (Phi) is 4.07. The van der Waals surface area contributed by atoms with Crippen LogP contribution in [0.1, 0.15) is 20.3 Å². The number of hydrogen-bond acceptors (Lipinski definition) is 4. The van der Waals surface area contributed by atoms with Crippen LogP contribution in [0.3, 0.4) is 0 Å². The quantitative estimate of drug-likeness (QED) is 0.770. The molecule has 18 heavy (non-hydrogen) atoms. The van der Waals surface area contributed by atoms with Gasteiger partial charge in [0, 0.05) is 6.54 Å². The van der Waals surface area contributed by atoms with Crippen LogP contribution in [0, 0.1) is 0 Å². The zero-order valence-corrected chi connectivity index (χ0v) is 10.9. The largest absolute Gasteiger partial charge is 0.491 e. The van der Waals surface area contributed by atoms with Gasteiger partial charge in [0.1, 0.15) is 11.8 Å². The first kappa shape index (κ1) is 12.7. The maximum Gasteiger partial charge on any atom is 0.328 e. The molecule has 0 aliphatic carbocycles. The molecular weight excluding hydrogens is 230 g/mol. The monoisotopic (exact) mass is 249 g/mol. The summed E-state index contributed by atoms with van der Waals surface area (Å²) in [6.07, 6.45) is 0.901. The highest BCUT2D eigenvalue weighted by Gasteiger charge is 2.26. The molecule has 1 aliphatic heterocycles. The molecule has 1 atom stereocenters. The summed E-state index contributed by atoms with van der Waals surface area (Å²) in [7, 11) is 0. The third kappa shape index (κ3) is 2.58. The zero-order chi connectivity index (χ0) is 13.0. The topological polar surface area (TPSA) is 38.8 Å². The van der Waals surface area contributed by atoms with Crippen molar-refractivity contribution in [1.82, 2.24) is 0 Å². The van der Waals surface area contributed by atoms with Crippen molar-refractivity contribution in [1.29, 1.82) is 0 Å². The van der Waals surface area contributed by atoms with Gasteiger partial charge in [-0.15, -0.1) is 0 Å². The third-order valence-electron chi connectivity index (χ3n) is 3.07. The Hall–Kier alpha value is -1.71. The van der Waals surface area contributed by atoms with Gasteiger partial charge in [0.15, 0.2) is 0 Å². The van der Waals surface area contributed by atoms with Gasteiger partial charge in [-0.1, -0.05) is 12.1 Å². The summed E-state index contributed by atoms with van der Waals surface area (Å²) in [6, 6.07) is 7.53. The number of ether oxygens (including phenoxy) is 2. The van der Waals surface area contributed by atoms with Crippen LogP contribution in [-0.2, 0) is 9.53 Å². The minimum atomic E-state index is -0.284. The van der Waals surface area contributed by atoms with Gasteiger partial charge < -0.3 is 14.4 Å². The molecule has 0 spiro atoms. The summed E-state index contributed by atoms with van der Waals surface area (Å²) in [5.74, 6) is 0.653. The van der Waals surface area contributed by atoms with Gasteiger partial charge in [-0.25, -0.2) is 4.79 Å². The molecule has 0 N–H and O–H groups in total. The maximum atomic E-state index is 11.9. The second-order valence-electron chi connectivity index (χ2n) is 4.29. The van der Waals surface area contributed by atoms with Gasteiger partial charge in [-0.2, -0.15) is 0 Å². The molecule has 0 amide bonds. The fourth-order valence-electron chi connectivity index (χ4n) is 2.15. The lowest BCUT2D eigenvalue weighted by Crippen LogP contribution is -2.40. The highest BCUT2D eigenvalue weighted by Crippen LogP contribution is 2.31. The second-order valence-corrected chi connectivity index (χ2v) is 4.29. The van der Waals surface area contributed by atoms with E-state index in [2.05, 4.69) is 4.90 Å². The molecule has 0 fully saturated rings. The molecule has 1 aromatic rings. The number of carbonyl (C=O) groups is 1. The summed E-state index contributed by atoms with van der Waals surface area (Å²) in [5.41, 5.74) is 0.968. The molecule has 4 nitrogen and oxygen atoms in total. The number of carbonyl (C=O) groups excluding carboxylic acids is 1. The van der Waals surface area contributed by atoms with E-state index in [1.807, 2.05) is 38.1 Å². The number of esters is 1. The molecule has 0 aromatic heterocycles. The van der Waals surface area contributed by atoms with Crippen molar-refractivity contribution in [3.8, 4) is 5.75 Å². The summed E-state index contributed by atoms with van der Waals surface area (Å²) in [5, 5.41) is 0. The molecular formula is C14H19NO3. The van der Waals surface area contributed by atoms with Crippen molar-refractivity contribution in [2.45, 2.75) is 26.3 Å². The van der Waals surface area contributed by atoms with E-state index in [0.29, 0.717) is 13.2 Å². The number of rotatable bonds is 3. The Balaban J connectivity index is 2.24. The van der Waals surface area contributed by atoms with Crippen molar-refractivity contribution >= 4 is 11.7 Å². The Bertz CT molecular complexity index is 419. The Morgan fingerprint density at radius 2 is 2.28 bits per heavy atom. The first-order valence-electron chi connectivity index (χ1n) is 6.39. The number of para-hydroxylation sites is 2. The molecule has 1 aliphatic rings. The van der Waals surface area contributed by atoms with E-state index >= 15 is 0 Å². The Labute approximate surface area is 107 Å². The second kappa shape index (κ2) is 5.76. The predicted molar refractivity (Wildman–Crippen MR) is 70.0 cm³/mol. The van der Waals surface area contributed by atoms with Crippen LogP contribution in [0.2, 0.25) is 0 Å². The van der Waals surface area contributed by atoms with Crippen molar-refractivity contribution in [3.05, 3.63) is 24.3 Å². The van der Waals surface area contributed by atoms with Gasteiger partial charge in [0.25, 0.3) is 0 Å². The van der Waals surface area contributed by atoms with Gasteiger partial charge in [0.2, 0.25) is 0 Å². The minimum Gasteiger partial charge on any atom is -0.491 e. The first-order chi connectivity index (χ1) is 8.74. The van der Waals surface area contributed by atoms with Gasteiger partial charge in [-0.05, 0) is 32.4 Å². The average Bonchev–Trinajstić information content (AvgIpc) is 2.60. The number of benzene rings is 1. The van der Waals surface area contributed by atoms with Crippen molar-refractivity contribution < 1.29 is 14.3 Å². The number of hydrogen-bond donors (Lipinski definition) is 0. The van der Waals surface area contributed by atoms with Crippen LogP contribution < -0.4 is 9.64 Å². The SMILES string of the molecule is CCOC(=O)C(C)N1CCCOc2ccccc21. The summed E-state index contributed by atoms with van der Waals surface area (Å²) >= 11 is 0. The minimum absolute atomic E-state index is 0.186. The van der Waals surface area contributed by atoms with Crippen molar-refractivity contribution in [2.24, 2.45) is 0 Å². The van der Waals surface area contributed by atoms with E-state index in [0.717, 1.165) is 24.4 Å². The molecule has 0 radical (unpaired) electrons. The van der Waals surface area contributed by atoms with Crippen LogP contribution in [-0.4, -0.2) is 31.8 Å². The predicted octanol–water partition coefficient (Wildman–Crippen LogP) is 2.23.